The molecule has 0 aromatic heterocycles. The Morgan fingerprint density at radius 2 is 0.800 bits per heavy atom. The van der Waals surface area contributed by atoms with Gasteiger partial charge in [-0.1, -0.05) is 168 Å². The number of methoxy groups -OCH3 is 1. The molecule has 0 bridgehead atoms. The van der Waals surface area contributed by atoms with Gasteiger partial charge in [-0.3, -0.25) is 9.59 Å². The summed E-state index contributed by atoms with van der Waals surface area (Å²) in [7, 11) is 1.61. The van der Waals surface area contributed by atoms with Crippen LogP contribution in [0.4, 0.5) is 0 Å². The minimum Gasteiger partial charge on any atom is -0.465 e. The summed E-state index contributed by atoms with van der Waals surface area (Å²) < 4.78 is 21.0. The van der Waals surface area contributed by atoms with Gasteiger partial charge in [0, 0.05) is 7.11 Å². The minimum absolute atomic E-state index is 0.0546. The van der Waals surface area contributed by atoms with Gasteiger partial charge in [0.25, 0.3) is 0 Å². The molecule has 0 atom stereocenters. The van der Waals surface area contributed by atoms with E-state index in [2.05, 4.69) is 13.8 Å². The van der Waals surface area contributed by atoms with Gasteiger partial charge in [0.2, 0.25) is 0 Å². The molecule has 0 aromatic carbocycles. The normalized spacial score (nSPS) is 11.4. The molecule has 0 aliphatic rings. The van der Waals surface area contributed by atoms with Crippen molar-refractivity contribution in [2.24, 2.45) is 5.92 Å². The van der Waals surface area contributed by atoms with E-state index < -0.39 is 0 Å². The van der Waals surface area contributed by atoms with Gasteiger partial charge >= 0.3 is 11.9 Å². The van der Waals surface area contributed by atoms with Gasteiger partial charge < -0.3 is 18.9 Å². The highest BCUT2D eigenvalue weighted by Crippen LogP contribution is 2.21. The Kier molecular flexibility index (Phi) is 36.4. The van der Waals surface area contributed by atoms with Gasteiger partial charge in [0.1, 0.15) is 6.61 Å². The number of carbonyl (C=O) groups excluding carboxylic acids is 2. The summed E-state index contributed by atoms with van der Waals surface area (Å²) in [5.74, 6) is -0.249. The lowest BCUT2D eigenvalue weighted by molar-refractivity contribution is -0.152. The zero-order chi connectivity index (χ0) is 32.9. The molecule has 0 aromatic rings. The molecule has 0 saturated carbocycles. The Labute approximate surface area is 279 Å². The topological polar surface area (TPSA) is 71.1 Å². The molecule has 0 aliphatic heterocycles. The van der Waals surface area contributed by atoms with Crippen molar-refractivity contribution in [3.05, 3.63) is 0 Å². The van der Waals surface area contributed by atoms with Gasteiger partial charge in [-0.15, -0.1) is 0 Å². The van der Waals surface area contributed by atoms with Gasteiger partial charge in [-0.05, 0) is 18.8 Å². The largest absolute Gasteiger partial charge is 0.465 e. The monoisotopic (exact) mass is 641 g/mol. The third-order valence-corrected chi connectivity index (χ3v) is 8.87. The van der Waals surface area contributed by atoms with Gasteiger partial charge in [-0.2, -0.15) is 0 Å². The van der Waals surface area contributed by atoms with Crippen LogP contribution in [0.3, 0.4) is 0 Å². The number of ether oxygens (including phenoxy) is 4. The third kappa shape index (κ3) is 35.6. The first-order chi connectivity index (χ1) is 22.1. The summed E-state index contributed by atoms with van der Waals surface area (Å²) in [6.07, 6.45) is 34.9. The maximum atomic E-state index is 12.4. The van der Waals surface area contributed by atoms with Gasteiger partial charge in [0.15, 0.2) is 0 Å². The second-order valence-corrected chi connectivity index (χ2v) is 13.2. The van der Waals surface area contributed by atoms with E-state index >= 15 is 0 Å². The highest BCUT2D eigenvalue weighted by molar-refractivity contribution is 5.77. The first-order valence-electron chi connectivity index (χ1n) is 19.5. The van der Waals surface area contributed by atoms with Crippen molar-refractivity contribution in [2.75, 3.05) is 40.1 Å². The fourth-order valence-corrected chi connectivity index (χ4v) is 5.88. The smallest absolute Gasteiger partial charge is 0.306 e. The summed E-state index contributed by atoms with van der Waals surface area (Å²) in [4.78, 5) is 24.3. The number of rotatable bonds is 37. The molecule has 0 aliphatic carbocycles. The van der Waals surface area contributed by atoms with Crippen molar-refractivity contribution in [1.82, 2.24) is 0 Å². The van der Waals surface area contributed by atoms with E-state index in [1.54, 1.807) is 7.11 Å². The van der Waals surface area contributed by atoms with Crippen LogP contribution in [0, 0.1) is 5.92 Å². The number of hydrogen-bond donors (Lipinski definition) is 0. The second-order valence-electron chi connectivity index (χ2n) is 13.2. The van der Waals surface area contributed by atoms with E-state index in [0.717, 1.165) is 12.8 Å². The molecule has 0 radical (unpaired) electrons. The van der Waals surface area contributed by atoms with Crippen molar-refractivity contribution in [3.8, 4) is 0 Å². The van der Waals surface area contributed by atoms with Crippen LogP contribution in [-0.2, 0) is 28.5 Å². The van der Waals surface area contributed by atoms with E-state index in [0.29, 0.717) is 32.3 Å². The van der Waals surface area contributed by atoms with Crippen molar-refractivity contribution < 1.29 is 28.5 Å². The molecule has 0 saturated heterocycles. The third-order valence-electron chi connectivity index (χ3n) is 8.87. The highest BCUT2D eigenvalue weighted by atomic mass is 16.6. The molecule has 0 N–H and O–H groups in total. The molecule has 0 amide bonds. The van der Waals surface area contributed by atoms with Crippen LogP contribution in [0.2, 0.25) is 0 Å². The predicted molar refractivity (Wildman–Crippen MR) is 189 cm³/mol. The Bertz CT molecular complexity index is 582. The average Bonchev–Trinajstić information content (AvgIpc) is 3.04. The Balaban J connectivity index is 4.15. The van der Waals surface area contributed by atoms with Crippen LogP contribution in [0.5, 0.6) is 0 Å². The Morgan fingerprint density at radius 3 is 1.20 bits per heavy atom. The number of carbonyl (C=O) groups is 2. The molecule has 0 rings (SSSR count). The maximum absolute atomic E-state index is 12.4. The summed E-state index contributed by atoms with van der Waals surface area (Å²) >= 11 is 0. The van der Waals surface area contributed by atoms with Crippen LogP contribution < -0.4 is 0 Å². The number of hydrogen-bond acceptors (Lipinski definition) is 6. The molecule has 6 nitrogen and oxygen atoms in total. The molecule has 0 heterocycles. The molecule has 268 valence electrons. The second kappa shape index (κ2) is 37.3. The van der Waals surface area contributed by atoms with Gasteiger partial charge in [0.05, 0.1) is 39.3 Å². The number of esters is 2. The fraction of sp³-hybridized carbons (Fsp3) is 0.949. The molecular weight excluding hydrogens is 564 g/mol. The van der Waals surface area contributed by atoms with Crippen molar-refractivity contribution in [3.63, 3.8) is 0 Å². The van der Waals surface area contributed by atoms with Crippen LogP contribution in [0.15, 0.2) is 0 Å². The fourth-order valence-electron chi connectivity index (χ4n) is 5.88. The predicted octanol–water partition coefficient (Wildman–Crippen LogP) is 11.3. The van der Waals surface area contributed by atoms with E-state index in [4.69, 9.17) is 18.9 Å². The zero-order valence-electron chi connectivity index (χ0n) is 30.4. The maximum Gasteiger partial charge on any atom is 0.306 e. The summed E-state index contributed by atoms with van der Waals surface area (Å²) in [5.41, 5.74) is 0. The van der Waals surface area contributed by atoms with E-state index in [9.17, 15) is 9.59 Å². The lowest BCUT2D eigenvalue weighted by atomic mass is 9.94. The Hall–Kier alpha value is -1.14. The molecular formula is C39H76O6. The first kappa shape index (κ1) is 43.9. The van der Waals surface area contributed by atoms with Crippen LogP contribution in [0.25, 0.3) is 0 Å². The average molecular weight is 641 g/mol. The lowest BCUT2D eigenvalue weighted by Gasteiger charge is -2.17. The van der Waals surface area contributed by atoms with Crippen LogP contribution in [-0.4, -0.2) is 52.1 Å². The molecule has 0 unspecified atom stereocenters. The summed E-state index contributed by atoms with van der Waals surface area (Å²) in [6, 6.07) is 0. The van der Waals surface area contributed by atoms with E-state index in [1.807, 2.05) is 0 Å². The van der Waals surface area contributed by atoms with Crippen LogP contribution in [0.1, 0.15) is 194 Å². The standard InChI is InChI=1S/C39H76O6/c1-4-6-8-10-12-14-16-18-20-22-24-26-28-37(29-27-25-23-21-19-17-15-13-11-9-7-5-2)36-45-39(41)31-30-38(40)44-35-34-43-33-32-42-3/h37H,4-36H2,1-3H3. The van der Waals surface area contributed by atoms with Crippen molar-refractivity contribution in [2.45, 2.75) is 194 Å². The molecule has 0 spiro atoms. The summed E-state index contributed by atoms with van der Waals surface area (Å²) in [6.45, 7) is 6.55. The lowest BCUT2D eigenvalue weighted by Crippen LogP contribution is -2.17. The molecule has 45 heavy (non-hydrogen) atoms. The van der Waals surface area contributed by atoms with Crippen LogP contribution >= 0.6 is 0 Å². The summed E-state index contributed by atoms with van der Waals surface area (Å²) in [5, 5.41) is 0. The quantitative estimate of drug-likeness (QED) is 0.0497. The highest BCUT2D eigenvalue weighted by Gasteiger charge is 2.14. The number of unbranched alkanes of at least 4 members (excludes halogenated alkanes) is 22. The van der Waals surface area contributed by atoms with Crippen molar-refractivity contribution in [1.29, 1.82) is 0 Å². The van der Waals surface area contributed by atoms with Gasteiger partial charge in [-0.25, -0.2) is 0 Å². The van der Waals surface area contributed by atoms with E-state index in [-0.39, 0.29) is 31.4 Å². The molecule has 0 fully saturated rings. The minimum atomic E-state index is -0.383. The zero-order valence-corrected chi connectivity index (χ0v) is 30.4. The van der Waals surface area contributed by atoms with Crippen molar-refractivity contribution >= 4 is 11.9 Å². The molecule has 6 heteroatoms. The van der Waals surface area contributed by atoms with E-state index in [1.165, 1.54) is 154 Å². The Morgan fingerprint density at radius 1 is 0.444 bits per heavy atom. The SMILES string of the molecule is CCCCCCCCCCCCCCC(CCCCCCCCCCCCCC)COC(=O)CCC(=O)OCCOCCOC. The first-order valence-corrected chi connectivity index (χ1v) is 19.5.